The Labute approximate surface area is 48.2 Å². The molecule has 0 amide bonds. The Morgan fingerprint density at radius 2 is 1.88 bits per heavy atom. The molecule has 0 saturated heterocycles. The SMILES string of the molecule is C=C[N+]1([O-])C=CC=C1. The number of allylic oxidation sites excluding steroid dienone is 2. The van der Waals surface area contributed by atoms with E-state index in [9.17, 15) is 5.21 Å². The molecule has 0 N–H and O–H groups in total. The first-order valence-electron chi connectivity index (χ1n) is 2.37. The molecule has 0 spiro atoms. The van der Waals surface area contributed by atoms with Crippen LogP contribution in [0.3, 0.4) is 0 Å². The molecular weight excluding hydrogens is 102 g/mol. The third-order valence-electron chi connectivity index (χ3n) is 1.03. The van der Waals surface area contributed by atoms with Crippen molar-refractivity contribution in [2.75, 3.05) is 0 Å². The fourth-order valence-corrected chi connectivity index (χ4v) is 0.540. The summed E-state index contributed by atoms with van der Waals surface area (Å²) < 4.78 is -0.528. The van der Waals surface area contributed by atoms with Gasteiger partial charge in [0.1, 0.15) is 12.4 Å². The molecule has 0 aliphatic carbocycles. The molecule has 8 heavy (non-hydrogen) atoms. The van der Waals surface area contributed by atoms with Crippen molar-refractivity contribution in [1.29, 1.82) is 0 Å². The molecule has 2 heteroatoms. The van der Waals surface area contributed by atoms with Crippen molar-refractivity contribution in [2.24, 2.45) is 0 Å². The maximum Gasteiger partial charge on any atom is 0.105 e. The van der Waals surface area contributed by atoms with E-state index in [1.54, 1.807) is 12.2 Å². The second kappa shape index (κ2) is 1.58. The van der Waals surface area contributed by atoms with Gasteiger partial charge in [-0.05, 0) is 18.7 Å². The molecule has 2 nitrogen and oxygen atoms in total. The molecule has 0 bridgehead atoms. The maximum atomic E-state index is 10.9. The van der Waals surface area contributed by atoms with Crippen LogP contribution in [0.15, 0.2) is 37.3 Å². The third kappa shape index (κ3) is 0.710. The van der Waals surface area contributed by atoms with Gasteiger partial charge in [-0.1, -0.05) is 0 Å². The highest BCUT2D eigenvalue weighted by Crippen LogP contribution is 2.12. The highest BCUT2D eigenvalue weighted by atomic mass is 16.5. The van der Waals surface area contributed by atoms with Crippen molar-refractivity contribution in [2.45, 2.75) is 0 Å². The zero-order valence-corrected chi connectivity index (χ0v) is 4.45. The number of quaternary nitrogens is 1. The second-order valence-corrected chi connectivity index (χ2v) is 1.63. The molecule has 42 valence electrons. The van der Waals surface area contributed by atoms with Crippen molar-refractivity contribution in [3.8, 4) is 0 Å². The zero-order chi connectivity index (χ0) is 6.04. The van der Waals surface area contributed by atoms with E-state index < -0.39 is 4.65 Å². The van der Waals surface area contributed by atoms with Crippen LogP contribution in [0.1, 0.15) is 0 Å². The summed E-state index contributed by atoms with van der Waals surface area (Å²) in [5.74, 6) is 0. The van der Waals surface area contributed by atoms with E-state index in [1.807, 2.05) is 0 Å². The lowest BCUT2D eigenvalue weighted by molar-refractivity contribution is -0.712. The molecule has 1 heterocycles. The smallest absolute Gasteiger partial charge is 0.105 e. The molecule has 0 fully saturated rings. The van der Waals surface area contributed by atoms with E-state index in [0.29, 0.717) is 0 Å². The van der Waals surface area contributed by atoms with E-state index in [4.69, 9.17) is 0 Å². The molecular formula is C6H7NO. The maximum absolute atomic E-state index is 10.9. The monoisotopic (exact) mass is 109 g/mol. The molecule has 1 rings (SSSR count). The Bertz CT molecular complexity index is 146. The normalized spacial score (nSPS) is 21.6. The van der Waals surface area contributed by atoms with Gasteiger partial charge < -0.3 is 5.21 Å². The van der Waals surface area contributed by atoms with Crippen LogP contribution in [0.2, 0.25) is 0 Å². The summed E-state index contributed by atoms with van der Waals surface area (Å²) in [4.78, 5) is 0. The van der Waals surface area contributed by atoms with Crippen LogP contribution in [0, 0.1) is 5.21 Å². The molecule has 0 aromatic carbocycles. The fraction of sp³-hybridized carbons (Fsp3) is 0. The summed E-state index contributed by atoms with van der Waals surface area (Å²) in [7, 11) is 0. The van der Waals surface area contributed by atoms with Crippen molar-refractivity contribution in [3.05, 3.63) is 42.5 Å². The summed E-state index contributed by atoms with van der Waals surface area (Å²) in [6, 6.07) is 0. The first kappa shape index (κ1) is 5.28. The van der Waals surface area contributed by atoms with Crippen molar-refractivity contribution < 1.29 is 4.65 Å². The van der Waals surface area contributed by atoms with Gasteiger partial charge in [0.25, 0.3) is 0 Å². The first-order valence-corrected chi connectivity index (χ1v) is 2.37. The van der Waals surface area contributed by atoms with E-state index >= 15 is 0 Å². The van der Waals surface area contributed by atoms with Crippen LogP contribution in [0.25, 0.3) is 0 Å². The van der Waals surface area contributed by atoms with E-state index in [1.165, 1.54) is 18.6 Å². The minimum Gasteiger partial charge on any atom is -0.618 e. The van der Waals surface area contributed by atoms with Crippen molar-refractivity contribution in [1.82, 2.24) is 0 Å². The number of rotatable bonds is 1. The molecule has 0 aromatic heterocycles. The van der Waals surface area contributed by atoms with Gasteiger partial charge in [0, 0.05) is 0 Å². The Kier molecular flexibility index (Phi) is 1.04. The Morgan fingerprint density at radius 1 is 1.38 bits per heavy atom. The van der Waals surface area contributed by atoms with Gasteiger partial charge in [0.15, 0.2) is 0 Å². The van der Waals surface area contributed by atoms with Crippen molar-refractivity contribution >= 4 is 0 Å². The average Bonchev–Trinajstić information content (AvgIpc) is 2.17. The molecule has 1 aliphatic heterocycles. The minimum atomic E-state index is -0.528. The predicted octanol–water partition coefficient (Wildman–Crippen LogP) is 1.49. The second-order valence-electron chi connectivity index (χ2n) is 1.63. The number of hydrogen-bond donors (Lipinski definition) is 0. The highest BCUT2D eigenvalue weighted by molar-refractivity contribution is 5.05. The van der Waals surface area contributed by atoms with Crippen LogP contribution in [0.4, 0.5) is 0 Å². The van der Waals surface area contributed by atoms with Gasteiger partial charge in [-0.2, -0.15) is 0 Å². The molecule has 0 atom stereocenters. The molecule has 0 radical (unpaired) electrons. The molecule has 0 saturated carbocycles. The van der Waals surface area contributed by atoms with E-state index in [-0.39, 0.29) is 0 Å². The van der Waals surface area contributed by atoms with Gasteiger partial charge in [-0.25, -0.2) is 0 Å². The minimum absolute atomic E-state index is 0.528. The molecule has 0 aromatic rings. The summed E-state index contributed by atoms with van der Waals surface area (Å²) in [5.41, 5.74) is 0. The third-order valence-corrected chi connectivity index (χ3v) is 1.03. The molecule has 1 aliphatic rings. The van der Waals surface area contributed by atoms with Crippen LogP contribution >= 0.6 is 0 Å². The lowest BCUT2D eigenvalue weighted by Gasteiger charge is -2.26. The van der Waals surface area contributed by atoms with Gasteiger partial charge >= 0.3 is 0 Å². The van der Waals surface area contributed by atoms with Crippen LogP contribution in [-0.4, -0.2) is 4.65 Å². The average molecular weight is 109 g/mol. The summed E-state index contributed by atoms with van der Waals surface area (Å²) >= 11 is 0. The van der Waals surface area contributed by atoms with Gasteiger partial charge in [0.2, 0.25) is 0 Å². The Hall–Kier alpha value is -0.860. The number of hydrogen-bond acceptors (Lipinski definition) is 1. The van der Waals surface area contributed by atoms with Gasteiger partial charge in [0.05, 0.1) is 6.20 Å². The van der Waals surface area contributed by atoms with Crippen LogP contribution < -0.4 is 0 Å². The summed E-state index contributed by atoms with van der Waals surface area (Å²) in [6.45, 7) is 3.37. The highest BCUT2D eigenvalue weighted by Gasteiger charge is 2.05. The molecule has 0 unspecified atom stereocenters. The van der Waals surface area contributed by atoms with E-state index in [2.05, 4.69) is 6.58 Å². The lowest BCUT2D eigenvalue weighted by atomic mass is 10.6. The summed E-state index contributed by atoms with van der Waals surface area (Å²) in [6.07, 6.45) is 7.74. The summed E-state index contributed by atoms with van der Waals surface area (Å²) in [5, 5.41) is 10.9. The van der Waals surface area contributed by atoms with Crippen LogP contribution in [0.5, 0.6) is 0 Å². The van der Waals surface area contributed by atoms with Gasteiger partial charge in [-0.15, -0.1) is 0 Å². The Morgan fingerprint density at radius 3 is 2.12 bits per heavy atom. The number of hydroxylamine groups is 3. The fourth-order valence-electron chi connectivity index (χ4n) is 0.540. The topological polar surface area (TPSA) is 23.1 Å². The Balaban J connectivity index is 2.83. The quantitative estimate of drug-likeness (QED) is 0.369. The van der Waals surface area contributed by atoms with Gasteiger partial charge in [-0.3, -0.25) is 4.65 Å². The first-order chi connectivity index (χ1) is 3.77. The zero-order valence-electron chi connectivity index (χ0n) is 4.45. The predicted molar refractivity (Wildman–Crippen MR) is 32.1 cm³/mol. The largest absolute Gasteiger partial charge is 0.618 e. The van der Waals surface area contributed by atoms with Crippen LogP contribution in [-0.2, 0) is 0 Å². The standard InChI is InChI=1S/C6H7NO/c1-2-7(8)5-3-4-6-7/h2-6H,1H2. The van der Waals surface area contributed by atoms with Crippen molar-refractivity contribution in [3.63, 3.8) is 0 Å². The van der Waals surface area contributed by atoms with E-state index in [0.717, 1.165) is 0 Å². The lowest BCUT2D eigenvalue weighted by Crippen LogP contribution is -2.18. The number of nitrogens with zero attached hydrogens (tertiary/aromatic N) is 1.